The highest BCUT2D eigenvalue weighted by molar-refractivity contribution is 6.31. The Bertz CT molecular complexity index is 245. The molecular weight excluding hydrogens is 158 g/mol. The van der Waals surface area contributed by atoms with Crippen LogP contribution in [0.15, 0.2) is 18.2 Å². The maximum Gasteiger partial charge on any atom is 0.0458 e. The zero-order valence-electron chi connectivity index (χ0n) is 6.60. The lowest BCUT2D eigenvalue weighted by atomic mass is 10.1. The molecule has 0 saturated carbocycles. The summed E-state index contributed by atoms with van der Waals surface area (Å²) in [5.41, 5.74) is 7.45. The molecule has 0 aliphatic heterocycles. The third-order valence-electron chi connectivity index (χ3n) is 1.60. The van der Waals surface area contributed by atoms with E-state index in [9.17, 15) is 0 Å². The minimum Gasteiger partial charge on any atom is -0.399 e. The first kappa shape index (κ1) is 8.41. The first-order valence-electron chi connectivity index (χ1n) is 3.78. The van der Waals surface area contributed by atoms with E-state index in [1.54, 1.807) is 6.07 Å². The Labute approximate surface area is 72.2 Å². The molecule has 0 unspecified atom stereocenters. The van der Waals surface area contributed by atoms with Crippen molar-refractivity contribution in [1.29, 1.82) is 0 Å². The lowest BCUT2D eigenvalue weighted by Crippen LogP contribution is -1.88. The van der Waals surface area contributed by atoms with Gasteiger partial charge in [0.05, 0.1) is 0 Å². The van der Waals surface area contributed by atoms with Gasteiger partial charge < -0.3 is 5.73 Å². The van der Waals surface area contributed by atoms with Crippen molar-refractivity contribution in [3.05, 3.63) is 28.8 Å². The highest BCUT2D eigenvalue weighted by atomic mass is 35.5. The summed E-state index contributed by atoms with van der Waals surface area (Å²) in [6, 6.07) is 5.67. The van der Waals surface area contributed by atoms with Crippen molar-refractivity contribution in [3.63, 3.8) is 0 Å². The van der Waals surface area contributed by atoms with E-state index >= 15 is 0 Å². The first-order chi connectivity index (χ1) is 5.24. The third-order valence-corrected chi connectivity index (χ3v) is 1.95. The number of anilines is 1. The molecule has 0 aliphatic rings. The van der Waals surface area contributed by atoms with E-state index in [1.807, 2.05) is 12.1 Å². The molecule has 0 saturated heterocycles. The maximum absolute atomic E-state index is 5.93. The number of halogens is 1. The normalized spacial score (nSPS) is 10.0. The van der Waals surface area contributed by atoms with E-state index in [0.29, 0.717) is 0 Å². The Morgan fingerprint density at radius 3 is 2.73 bits per heavy atom. The zero-order valence-corrected chi connectivity index (χ0v) is 7.36. The Morgan fingerprint density at radius 2 is 2.18 bits per heavy atom. The molecule has 0 aliphatic carbocycles. The third kappa shape index (κ3) is 2.12. The van der Waals surface area contributed by atoms with Crippen LogP contribution in [0, 0.1) is 0 Å². The lowest BCUT2D eigenvalue weighted by molar-refractivity contribution is 0.922. The number of hydrogen-bond acceptors (Lipinski definition) is 1. The summed E-state index contributed by atoms with van der Waals surface area (Å²) in [6.07, 6.45) is 2.14. The number of benzene rings is 1. The fourth-order valence-corrected chi connectivity index (χ4v) is 1.32. The van der Waals surface area contributed by atoms with Crippen LogP contribution in [0.5, 0.6) is 0 Å². The molecule has 60 valence electrons. The Balaban J connectivity index is 2.90. The molecule has 0 heterocycles. The molecule has 1 aromatic carbocycles. The minimum absolute atomic E-state index is 0.731. The van der Waals surface area contributed by atoms with Gasteiger partial charge in [0, 0.05) is 10.7 Å². The van der Waals surface area contributed by atoms with Crippen molar-refractivity contribution in [2.45, 2.75) is 19.8 Å². The number of aryl methyl sites for hydroxylation is 1. The van der Waals surface area contributed by atoms with Crippen LogP contribution in [0.25, 0.3) is 0 Å². The van der Waals surface area contributed by atoms with Gasteiger partial charge in [0.25, 0.3) is 0 Å². The fourth-order valence-electron chi connectivity index (χ4n) is 1.04. The van der Waals surface area contributed by atoms with E-state index in [2.05, 4.69) is 6.92 Å². The smallest absolute Gasteiger partial charge is 0.0458 e. The maximum atomic E-state index is 5.93. The molecule has 0 amide bonds. The van der Waals surface area contributed by atoms with Gasteiger partial charge in [-0.2, -0.15) is 0 Å². The van der Waals surface area contributed by atoms with Gasteiger partial charge in [-0.25, -0.2) is 0 Å². The number of rotatable bonds is 2. The molecule has 0 bridgehead atoms. The van der Waals surface area contributed by atoms with Gasteiger partial charge in [-0.05, 0) is 24.1 Å². The van der Waals surface area contributed by atoms with E-state index in [0.717, 1.165) is 23.6 Å². The van der Waals surface area contributed by atoms with Gasteiger partial charge in [-0.3, -0.25) is 0 Å². The van der Waals surface area contributed by atoms with Crippen molar-refractivity contribution < 1.29 is 0 Å². The van der Waals surface area contributed by atoms with Crippen LogP contribution in [-0.4, -0.2) is 0 Å². The van der Waals surface area contributed by atoms with Crippen LogP contribution < -0.4 is 5.73 Å². The van der Waals surface area contributed by atoms with Gasteiger partial charge in [0.15, 0.2) is 0 Å². The molecule has 0 spiro atoms. The summed E-state index contributed by atoms with van der Waals surface area (Å²) >= 11 is 5.93. The average Bonchev–Trinajstić information content (AvgIpc) is 1.95. The second-order valence-electron chi connectivity index (χ2n) is 2.60. The highest BCUT2D eigenvalue weighted by Crippen LogP contribution is 2.19. The molecule has 2 N–H and O–H groups in total. The van der Waals surface area contributed by atoms with Gasteiger partial charge in [0.1, 0.15) is 0 Å². The summed E-state index contributed by atoms with van der Waals surface area (Å²) < 4.78 is 0. The van der Waals surface area contributed by atoms with Crippen molar-refractivity contribution in [3.8, 4) is 0 Å². The molecule has 0 fully saturated rings. The van der Waals surface area contributed by atoms with Gasteiger partial charge >= 0.3 is 0 Å². The average molecular weight is 170 g/mol. The van der Waals surface area contributed by atoms with Crippen molar-refractivity contribution in [2.75, 3.05) is 5.73 Å². The monoisotopic (exact) mass is 169 g/mol. The fraction of sp³-hybridized carbons (Fsp3) is 0.333. The lowest BCUT2D eigenvalue weighted by Gasteiger charge is -2.02. The summed E-state index contributed by atoms with van der Waals surface area (Å²) in [7, 11) is 0. The molecule has 0 atom stereocenters. The Morgan fingerprint density at radius 1 is 1.45 bits per heavy atom. The quantitative estimate of drug-likeness (QED) is 0.677. The topological polar surface area (TPSA) is 26.0 Å². The molecule has 1 aromatic rings. The number of nitrogens with two attached hydrogens (primary N) is 1. The standard InChI is InChI=1S/C9H12ClN/c1-2-3-7-4-5-8(11)6-9(7)10/h4-6H,2-3,11H2,1H3. The molecule has 2 heteroatoms. The molecule has 1 nitrogen and oxygen atoms in total. The molecule has 0 radical (unpaired) electrons. The Kier molecular flexibility index (Phi) is 2.77. The molecule has 0 aromatic heterocycles. The van der Waals surface area contributed by atoms with Crippen LogP contribution >= 0.6 is 11.6 Å². The number of nitrogen functional groups attached to an aromatic ring is 1. The highest BCUT2D eigenvalue weighted by Gasteiger charge is 1.97. The van der Waals surface area contributed by atoms with Crippen LogP contribution in [0.2, 0.25) is 5.02 Å². The summed E-state index contributed by atoms with van der Waals surface area (Å²) in [4.78, 5) is 0. The van der Waals surface area contributed by atoms with Crippen LogP contribution in [0.3, 0.4) is 0 Å². The van der Waals surface area contributed by atoms with Gasteiger partial charge in [0.2, 0.25) is 0 Å². The zero-order chi connectivity index (χ0) is 8.27. The van der Waals surface area contributed by atoms with Crippen LogP contribution in [0.4, 0.5) is 5.69 Å². The van der Waals surface area contributed by atoms with E-state index in [-0.39, 0.29) is 0 Å². The van der Waals surface area contributed by atoms with Crippen LogP contribution in [-0.2, 0) is 6.42 Å². The van der Waals surface area contributed by atoms with Crippen molar-refractivity contribution >= 4 is 17.3 Å². The molecular formula is C9H12ClN. The summed E-state index contributed by atoms with van der Waals surface area (Å²) in [5.74, 6) is 0. The van der Waals surface area contributed by atoms with Crippen molar-refractivity contribution in [2.24, 2.45) is 0 Å². The van der Waals surface area contributed by atoms with Gasteiger partial charge in [-0.1, -0.05) is 31.0 Å². The second kappa shape index (κ2) is 3.63. The van der Waals surface area contributed by atoms with E-state index < -0.39 is 0 Å². The predicted octanol–water partition coefficient (Wildman–Crippen LogP) is 2.87. The number of hydrogen-bond donors (Lipinski definition) is 1. The summed E-state index contributed by atoms with van der Waals surface area (Å²) in [5, 5.41) is 0.784. The first-order valence-corrected chi connectivity index (χ1v) is 4.15. The summed E-state index contributed by atoms with van der Waals surface area (Å²) in [6.45, 7) is 2.13. The second-order valence-corrected chi connectivity index (χ2v) is 3.01. The van der Waals surface area contributed by atoms with E-state index in [1.165, 1.54) is 5.56 Å². The minimum atomic E-state index is 0.731. The Hall–Kier alpha value is -0.690. The molecule has 1 rings (SSSR count). The SMILES string of the molecule is CCCc1ccc(N)cc1Cl. The van der Waals surface area contributed by atoms with Gasteiger partial charge in [-0.15, -0.1) is 0 Å². The predicted molar refractivity (Wildman–Crippen MR) is 49.9 cm³/mol. The molecule has 11 heavy (non-hydrogen) atoms. The van der Waals surface area contributed by atoms with E-state index in [4.69, 9.17) is 17.3 Å². The van der Waals surface area contributed by atoms with Crippen LogP contribution in [0.1, 0.15) is 18.9 Å². The van der Waals surface area contributed by atoms with Crippen molar-refractivity contribution in [1.82, 2.24) is 0 Å². The largest absolute Gasteiger partial charge is 0.399 e.